The number of hydrogen-bond donors (Lipinski definition) is 0. The number of aromatic nitrogens is 4. The van der Waals surface area contributed by atoms with Gasteiger partial charge in [0.25, 0.3) is 0 Å². The summed E-state index contributed by atoms with van der Waals surface area (Å²) in [5, 5.41) is 8.53. The van der Waals surface area contributed by atoms with E-state index in [1.54, 1.807) is 18.5 Å². The topological polar surface area (TPSA) is 43.6 Å². The molecule has 0 spiro atoms. The van der Waals surface area contributed by atoms with Gasteiger partial charge in [-0.1, -0.05) is 43.1 Å². The van der Waals surface area contributed by atoms with Crippen molar-refractivity contribution in [3.8, 4) is 17.1 Å². The molecular weight excluding hydrogens is 428 g/mol. The minimum Gasteiger partial charge on any atom is -0.360 e. The maximum absolute atomic E-state index is 4.28. The Kier molecular flexibility index (Phi) is 4.77. The van der Waals surface area contributed by atoms with E-state index in [0.717, 1.165) is 29.3 Å². The summed E-state index contributed by atoms with van der Waals surface area (Å²) in [5.74, 6) is 1.70. The largest absolute Gasteiger partial charge is 0.360 e. The number of benzene rings is 1. The molecule has 2 aromatic heterocycles. The summed E-state index contributed by atoms with van der Waals surface area (Å²) in [6.45, 7) is 2.07. The van der Waals surface area contributed by atoms with E-state index in [9.17, 15) is 0 Å². The van der Waals surface area contributed by atoms with Crippen molar-refractivity contribution >= 4 is 0 Å². The average molecular weight is 442 g/mol. The summed E-state index contributed by atoms with van der Waals surface area (Å²) in [5.41, 5.74) is 1.90. The van der Waals surface area contributed by atoms with Gasteiger partial charge >= 0.3 is 0 Å². The maximum atomic E-state index is 4.28. The summed E-state index contributed by atoms with van der Waals surface area (Å²) in [6, 6.07) is 15.0. The number of rotatable bonds is 3. The summed E-state index contributed by atoms with van der Waals surface area (Å²) in [4.78, 5) is 4.12. The van der Waals surface area contributed by atoms with Gasteiger partial charge in [0.1, 0.15) is 5.82 Å². The van der Waals surface area contributed by atoms with Crippen molar-refractivity contribution < 1.29 is 20.1 Å². The van der Waals surface area contributed by atoms with E-state index >= 15 is 0 Å². The Balaban J connectivity index is 0.00000147. The minimum absolute atomic E-state index is 0. The van der Waals surface area contributed by atoms with Gasteiger partial charge in [0.15, 0.2) is 0 Å². The molecule has 0 N–H and O–H groups in total. The molecule has 0 saturated heterocycles. The van der Waals surface area contributed by atoms with E-state index < -0.39 is 0 Å². The van der Waals surface area contributed by atoms with Gasteiger partial charge in [0, 0.05) is 32.2 Å². The zero-order valence-corrected chi connectivity index (χ0v) is 13.3. The third-order valence-electron chi connectivity index (χ3n) is 2.90. The van der Waals surface area contributed by atoms with Gasteiger partial charge in [-0.25, -0.2) is 0 Å². The molecule has 0 fully saturated rings. The van der Waals surface area contributed by atoms with Gasteiger partial charge in [-0.2, -0.15) is 5.10 Å². The van der Waals surface area contributed by atoms with Crippen molar-refractivity contribution in [3.05, 3.63) is 60.7 Å². The summed E-state index contributed by atoms with van der Waals surface area (Å²) in [6.07, 6.45) is 4.28. The van der Waals surface area contributed by atoms with E-state index in [1.165, 1.54) is 0 Å². The van der Waals surface area contributed by atoms with Crippen molar-refractivity contribution in [1.29, 1.82) is 0 Å². The van der Waals surface area contributed by atoms with Crippen LogP contribution in [-0.4, -0.2) is 19.7 Å². The molecule has 20 heavy (non-hydrogen) atoms. The molecule has 4 nitrogen and oxygen atoms in total. The molecule has 0 amide bonds. The van der Waals surface area contributed by atoms with Gasteiger partial charge in [0.2, 0.25) is 0 Å². The SMILES string of the molecule is CCc1nnc(-c2[c-]ccnc2)n1-c1ccccc1.[Ir]. The van der Waals surface area contributed by atoms with E-state index in [-0.39, 0.29) is 20.1 Å². The molecule has 2 heterocycles. The van der Waals surface area contributed by atoms with Crippen LogP contribution in [0.3, 0.4) is 0 Å². The first-order chi connectivity index (χ1) is 9.40. The van der Waals surface area contributed by atoms with Gasteiger partial charge in [0.05, 0.1) is 5.82 Å². The third kappa shape index (κ3) is 2.69. The smallest absolute Gasteiger partial charge is 0.128 e. The van der Waals surface area contributed by atoms with Crippen LogP contribution in [0.15, 0.2) is 48.8 Å². The minimum atomic E-state index is 0. The summed E-state index contributed by atoms with van der Waals surface area (Å²) < 4.78 is 2.05. The van der Waals surface area contributed by atoms with Gasteiger partial charge in [-0.3, -0.25) is 0 Å². The van der Waals surface area contributed by atoms with Crippen molar-refractivity contribution in [2.24, 2.45) is 0 Å². The van der Waals surface area contributed by atoms with Crippen LogP contribution >= 0.6 is 0 Å². The normalized spacial score (nSPS) is 10.1. The first kappa shape index (κ1) is 14.6. The second kappa shape index (κ2) is 6.55. The zero-order valence-electron chi connectivity index (χ0n) is 10.9. The Bertz CT molecular complexity index is 665. The first-order valence-electron chi connectivity index (χ1n) is 6.22. The molecule has 3 aromatic rings. The summed E-state index contributed by atoms with van der Waals surface area (Å²) >= 11 is 0. The Labute approximate surface area is 131 Å². The fourth-order valence-corrected chi connectivity index (χ4v) is 2.02. The maximum Gasteiger partial charge on any atom is 0.128 e. The van der Waals surface area contributed by atoms with E-state index in [1.807, 2.05) is 34.9 Å². The van der Waals surface area contributed by atoms with Crippen molar-refractivity contribution in [1.82, 2.24) is 19.7 Å². The molecule has 0 aliphatic carbocycles. The predicted molar refractivity (Wildman–Crippen MR) is 72.8 cm³/mol. The van der Waals surface area contributed by atoms with Crippen LogP contribution in [0.2, 0.25) is 0 Å². The van der Waals surface area contributed by atoms with Crippen molar-refractivity contribution in [2.45, 2.75) is 13.3 Å². The number of hydrogen-bond acceptors (Lipinski definition) is 3. The Morgan fingerprint density at radius 1 is 1.15 bits per heavy atom. The zero-order chi connectivity index (χ0) is 13.1. The molecule has 5 heteroatoms. The summed E-state index contributed by atoms with van der Waals surface area (Å²) in [7, 11) is 0. The molecule has 3 rings (SSSR count). The number of aryl methyl sites for hydroxylation is 1. The van der Waals surface area contributed by atoms with E-state index in [4.69, 9.17) is 0 Å². The molecule has 0 atom stereocenters. The molecule has 0 aliphatic rings. The number of nitrogens with zero attached hydrogens (tertiary/aromatic N) is 4. The molecule has 0 saturated carbocycles. The molecule has 0 unspecified atom stereocenters. The average Bonchev–Trinajstić information content (AvgIpc) is 2.93. The Morgan fingerprint density at radius 3 is 2.60 bits per heavy atom. The van der Waals surface area contributed by atoms with Crippen LogP contribution in [0.25, 0.3) is 17.1 Å². The fraction of sp³-hybridized carbons (Fsp3) is 0.133. The van der Waals surface area contributed by atoms with Crippen LogP contribution in [0.1, 0.15) is 12.7 Å². The quantitative estimate of drug-likeness (QED) is 0.587. The predicted octanol–water partition coefficient (Wildman–Crippen LogP) is 2.69. The van der Waals surface area contributed by atoms with Crippen LogP contribution < -0.4 is 0 Å². The van der Waals surface area contributed by atoms with E-state index in [0.29, 0.717) is 0 Å². The second-order valence-corrected chi connectivity index (χ2v) is 4.12. The Hall–Kier alpha value is -1.84. The van der Waals surface area contributed by atoms with Crippen molar-refractivity contribution in [3.63, 3.8) is 0 Å². The van der Waals surface area contributed by atoms with Crippen molar-refractivity contribution in [2.75, 3.05) is 0 Å². The molecule has 0 bridgehead atoms. The molecule has 1 radical (unpaired) electrons. The third-order valence-corrected chi connectivity index (χ3v) is 2.90. The molecule has 1 aromatic carbocycles. The van der Waals surface area contributed by atoms with E-state index in [2.05, 4.69) is 28.2 Å². The first-order valence-corrected chi connectivity index (χ1v) is 6.22. The number of para-hydroxylation sites is 1. The van der Waals surface area contributed by atoms with Gasteiger partial charge in [-0.15, -0.1) is 17.2 Å². The van der Waals surface area contributed by atoms with Crippen LogP contribution in [0.4, 0.5) is 0 Å². The fourth-order valence-electron chi connectivity index (χ4n) is 2.02. The van der Waals surface area contributed by atoms with Gasteiger partial charge < -0.3 is 9.55 Å². The van der Waals surface area contributed by atoms with Gasteiger partial charge in [-0.05, 0) is 12.1 Å². The van der Waals surface area contributed by atoms with Crippen LogP contribution in [-0.2, 0) is 26.5 Å². The standard InChI is InChI=1S/C15H13N4.Ir/c1-2-14-17-18-15(12-7-6-10-16-11-12)19(14)13-8-4-3-5-9-13;/h3-6,8-11H,2H2,1H3;/q-1;. The second-order valence-electron chi connectivity index (χ2n) is 4.12. The van der Waals surface area contributed by atoms with Crippen LogP contribution in [0, 0.1) is 6.07 Å². The molecule has 0 aliphatic heterocycles. The molecular formula is C15H13IrN4-. The Morgan fingerprint density at radius 2 is 1.95 bits per heavy atom. The molecule has 103 valence electrons. The van der Waals surface area contributed by atoms with Crippen LogP contribution in [0.5, 0.6) is 0 Å². The number of pyridine rings is 1. The monoisotopic (exact) mass is 442 g/mol.